The number of carbonyl (C=O) groups excluding carboxylic acids is 2. The van der Waals surface area contributed by atoms with Crippen molar-refractivity contribution in [2.75, 3.05) is 7.11 Å². The van der Waals surface area contributed by atoms with Crippen molar-refractivity contribution in [3.05, 3.63) is 22.5 Å². The second-order valence-corrected chi connectivity index (χ2v) is 7.57. The van der Waals surface area contributed by atoms with Crippen molar-refractivity contribution < 1.29 is 14.3 Å². The van der Waals surface area contributed by atoms with E-state index in [1.807, 2.05) is 22.0 Å². The zero-order chi connectivity index (χ0) is 16.0. The summed E-state index contributed by atoms with van der Waals surface area (Å²) in [5, 5.41) is 4.96. The summed E-state index contributed by atoms with van der Waals surface area (Å²) in [6.07, 6.45) is 4.28. The van der Waals surface area contributed by atoms with E-state index in [9.17, 15) is 9.59 Å². The summed E-state index contributed by atoms with van der Waals surface area (Å²) in [6, 6.07) is 1.72. The second-order valence-electron chi connectivity index (χ2n) is 5.67. The number of hydrogen-bond acceptors (Lipinski definition) is 6. The average molecular weight is 349 g/mol. The fourth-order valence-electron chi connectivity index (χ4n) is 2.70. The lowest BCUT2D eigenvalue weighted by Gasteiger charge is -2.16. The molecule has 23 heavy (non-hydrogen) atoms. The van der Waals surface area contributed by atoms with E-state index in [0.717, 1.165) is 28.1 Å². The third kappa shape index (κ3) is 2.72. The number of nitrogens with one attached hydrogen (secondary N) is 1. The van der Waals surface area contributed by atoms with Crippen molar-refractivity contribution >= 4 is 49.9 Å². The van der Waals surface area contributed by atoms with Crippen LogP contribution < -0.4 is 5.32 Å². The van der Waals surface area contributed by atoms with Gasteiger partial charge in [-0.3, -0.25) is 14.0 Å². The Kier molecular flexibility index (Phi) is 3.57. The van der Waals surface area contributed by atoms with Gasteiger partial charge in [-0.1, -0.05) is 0 Å². The predicted octanol–water partition coefficient (Wildman–Crippen LogP) is 2.68. The molecule has 3 aromatic rings. The van der Waals surface area contributed by atoms with Gasteiger partial charge in [0.25, 0.3) is 5.91 Å². The van der Waals surface area contributed by atoms with Gasteiger partial charge in [0.15, 0.2) is 4.96 Å². The molecule has 3 heterocycles. The number of amides is 1. The van der Waals surface area contributed by atoms with Crippen LogP contribution in [0.5, 0.6) is 0 Å². The van der Waals surface area contributed by atoms with Crippen LogP contribution in [0.3, 0.4) is 0 Å². The van der Waals surface area contributed by atoms with Gasteiger partial charge in [-0.15, -0.1) is 22.7 Å². The number of esters is 1. The summed E-state index contributed by atoms with van der Waals surface area (Å²) in [5.74, 6) is -0.0467. The molecule has 0 unspecified atom stereocenters. The molecule has 0 saturated heterocycles. The molecule has 0 radical (unpaired) electrons. The summed E-state index contributed by atoms with van der Waals surface area (Å²) < 4.78 is 6.71. The number of thiophene rings is 1. The van der Waals surface area contributed by atoms with E-state index in [1.54, 1.807) is 11.3 Å². The normalized spacial score (nSPS) is 15.9. The highest BCUT2D eigenvalue weighted by Gasteiger charge is 2.34. The highest BCUT2D eigenvalue weighted by atomic mass is 32.1. The first-order valence-corrected chi connectivity index (χ1v) is 9.08. The van der Waals surface area contributed by atoms with Gasteiger partial charge in [0.1, 0.15) is 4.83 Å². The number of hydrogen-bond donors (Lipinski definition) is 1. The molecular formula is C15H15N3O3S2. The van der Waals surface area contributed by atoms with Crippen LogP contribution in [-0.4, -0.2) is 34.4 Å². The molecule has 1 amide bonds. The van der Waals surface area contributed by atoms with Gasteiger partial charge in [-0.2, -0.15) is 0 Å². The van der Waals surface area contributed by atoms with E-state index >= 15 is 0 Å². The molecule has 3 aromatic heterocycles. The van der Waals surface area contributed by atoms with Crippen molar-refractivity contribution in [1.82, 2.24) is 14.7 Å². The summed E-state index contributed by atoms with van der Waals surface area (Å²) >= 11 is 2.95. The maximum absolute atomic E-state index is 12.5. The smallest absolute Gasteiger partial charge is 0.307 e. The molecule has 0 aromatic carbocycles. The Balaban J connectivity index is 1.55. The van der Waals surface area contributed by atoms with Gasteiger partial charge in [0.2, 0.25) is 0 Å². The topological polar surface area (TPSA) is 72.7 Å². The zero-order valence-corrected chi connectivity index (χ0v) is 14.1. The maximum Gasteiger partial charge on any atom is 0.307 e. The highest BCUT2D eigenvalue weighted by Crippen LogP contribution is 2.35. The molecular weight excluding hydrogens is 334 g/mol. The zero-order valence-electron chi connectivity index (χ0n) is 12.4. The standard InChI is InChI=1S/C15H15N3O3S2/c1-21-12(19)6-9(8-2-3-8)16-13(20)11-7-10-14(23-11)17-15-18(10)4-5-22-15/h4-5,7-9H,2-3,6H2,1H3,(H,16,20)/t9-/m0/s1. The summed E-state index contributed by atoms with van der Waals surface area (Å²) in [5.41, 5.74) is 0.951. The van der Waals surface area contributed by atoms with Crippen LogP contribution in [0.15, 0.2) is 17.6 Å². The highest BCUT2D eigenvalue weighted by molar-refractivity contribution is 7.21. The molecule has 4 rings (SSSR count). The van der Waals surface area contributed by atoms with Gasteiger partial charge in [-0.25, -0.2) is 4.98 Å². The Morgan fingerprint density at radius 3 is 3.09 bits per heavy atom. The van der Waals surface area contributed by atoms with Crippen LogP contribution in [0, 0.1) is 5.92 Å². The first kappa shape index (κ1) is 14.6. The molecule has 1 atom stereocenters. The third-order valence-corrected chi connectivity index (χ3v) is 5.86. The van der Waals surface area contributed by atoms with Gasteiger partial charge in [0.05, 0.1) is 23.9 Å². The third-order valence-electron chi connectivity index (χ3n) is 4.09. The molecule has 1 N–H and O–H groups in total. The van der Waals surface area contributed by atoms with E-state index < -0.39 is 0 Å². The minimum Gasteiger partial charge on any atom is -0.469 e. The minimum atomic E-state index is -0.288. The number of rotatable bonds is 5. The van der Waals surface area contributed by atoms with Crippen LogP contribution in [0.4, 0.5) is 0 Å². The molecule has 1 aliphatic carbocycles. The molecule has 1 saturated carbocycles. The van der Waals surface area contributed by atoms with Crippen molar-refractivity contribution in [2.24, 2.45) is 5.92 Å². The quantitative estimate of drug-likeness (QED) is 0.719. The van der Waals surface area contributed by atoms with Crippen molar-refractivity contribution in [3.63, 3.8) is 0 Å². The lowest BCUT2D eigenvalue weighted by atomic mass is 10.1. The van der Waals surface area contributed by atoms with E-state index in [4.69, 9.17) is 4.74 Å². The van der Waals surface area contributed by atoms with Crippen LogP contribution in [-0.2, 0) is 9.53 Å². The molecule has 120 valence electrons. The lowest BCUT2D eigenvalue weighted by Crippen LogP contribution is -2.38. The van der Waals surface area contributed by atoms with Gasteiger partial charge >= 0.3 is 5.97 Å². The van der Waals surface area contributed by atoms with Crippen LogP contribution in [0.2, 0.25) is 0 Å². The molecule has 1 fully saturated rings. The Hall–Kier alpha value is -1.93. The number of carbonyl (C=O) groups is 2. The summed E-state index contributed by atoms with van der Waals surface area (Å²) in [6.45, 7) is 0. The fraction of sp³-hybridized carbons (Fsp3) is 0.400. The van der Waals surface area contributed by atoms with E-state index in [1.165, 1.54) is 18.4 Å². The molecule has 8 heteroatoms. The monoisotopic (exact) mass is 349 g/mol. The number of thiazole rings is 1. The van der Waals surface area contributed by atoms with Crippen molar-refractivity contribution in [2.45, 2.75) is 25.3 Å². The molecule has 0 spiro atoms. The average Bonchev–Trinajstić information content (AvgIpc) is 3.01. The largest absolute Gasteiger partial charge is 0.469 e. The first-order valence-electron chi connectivity index (χ1n) is 7.38. The van der Waals surface area contributed by atoms with Crippen molar-refractivity contribution in [1.29, 1.82) is 0 Å². The number of methoxy groups -OCH3 is 1. The Bertz CT molecular complexity index is 890. The number of nitrogens with zero attached hydrogens (tertiary/aromatic N) is 2. The number of fused-ring (bicyclic) bond motifs is 3. The van der Waals surface area contributed by atoms with Crippen molar-refractivity contribution in [3.8, 4) is 0 Å². The Morgan fingerprint density at radius 2 is 2.35 bits per heavy atom. The van der Waals surface area contributed by atoms with Gasteiger partial charge in [0, 0.05) is 17.6 Å². The number of ether oxygens (including phenoxy) is 1. The van der Waals surface area contributed by atoms with E-state index in [-0.39, 0.29) is 24.3 Å². The van der Waals surface area contributed by atoms with E-state index in [0.29, 0.717) is 10.8 Å². The Morgan fingerprint density at radius 1 is 1.52 bits per heavy atom. The lowest BCUT2D eigenvalue weighted by molar-refractivity contribution is -0.141. The minimum absolute atomic E-state index is 0.141. The number of imidazole rings is 1. The Labute approximate surface area is 140 Å². The fourth-order valence-corrected chi connectivity index (χ4v) is 4.40. The predicted molar refractivity (Wildman–Crippen MR) is 89.1 cm³/mol. The molecule has 1 aliphatic rings. The summed E-state index contributed by atoms with van der Waals surface area (Å²) in [7, 11) is 1.37. The van der Waals surface area contributed by atoms with Crippen LogP contribution >= 0.6 is 22.7 Å². The maximum atomic E-state index is 12.5. The van der Waals surface area contributed by atoms with Gasteiger partial charge < -0.3 is 10.1 Å². The molecule has 6 nitrogen and oxygen atoms in total. The SMILES string of the molecule is COC(=O)C[C@H](NC(=O)c1cc2c(nc3sccn32)s1)C1CC1. The number of aromatic nitrogens is 2. The first-order chi connectivity index (χ1) is 11.2. The van der Waals surface area contributed by atoms with E-state index in [2.05, 4.69) is 10.3 Å². The molecule has 0 bridgehead atoms. The van der Waals surface area contributed by atoms with Crippen LogP contribution in [0.25, 0.3) is 15.3 Å². The second kappa shape index (κ2) is 5.61. The van der Waals surface area contributed by atoms with Gasteiger partial charge in [-0.05, 0) is 24.8 Å². The summed E-state index contributed by atoms with van der Waals surface area (Å²) in [4.78, 5) is 30.9. The molecule has 0 aliphatic heterocycles. The van der Waals surface area contributed by atoms with Crippen LogP contribution in [0.1, 0.15) is 28.9 Å².